The van der Waals surface area contributed by atoms with Gasteiger partial charge in [0.25, 0.3) is 0 Å². The molecule has 0 bridgehead atoms. The molecule has 1 aromatic rings. The minimum absolute atomic E-state index is 0.121. The second kappa shape index (κ2) is 5.89. The molecule has 0 saturated heterocycles. The van der Waals surface area contributed by atoms with E-state index in [-0.39, 0.29) is 12.2 Å². The third-order valence-electron chi connectivity index (χ3n) is 2.46. The molecule has 0 aliphatic rings. The first kappa shape index (κ1) is 12.2. The van der Waals surface area contributed by atoms with Gasteiger partial charge in [0.2, 0.25) is 0 Å². The highest BCUT2D eigenvalue weighted by molar-refractivity contribution is 5.19. The van der Waals surface area contributed by atoms with Crippen molar-refractivity contribution in [2.75, 3.05) is 7.05 Å². The first-order valence-corrected chi connectivity index (χ1v) is 5.52. The quantitative estimate of drug-likeness (QED) is 0.801. The SMILES string of the molecule is CNC(C)C(OC(C)C)c1ccccc1. The van der Waals surface area contributed by atoms with Crippen molar-refractivity contribution in [3.63, 3.8) is 0 Å². The van der Waals surface area contributed by atoms with E-state index in [9.17, 15) is 0 Å². The Morgan fingerprint density at radius 3 is 2.13 bits per heavy atom. The lowest BCUT2D eigenvalue weighted by atomic mass is 10.0. The van der Waals surface area contributed by atoms with Crippen molar-refractivity contribution < 1.29 is 4.74 Å². The lowest BCUT2D eigenvalue weighted by Crippen LogP contribution is -2.32. The van der Waals surface area contributed by atoms with Crippen LogP contribution in [0.3, 0.4) is 0 Å². The van der Waals surface area contributed by atoms with Gasteiger partial charge < -0.3 is 10.1 Å². The molecule has 84 valence electrons. The Morgan fingerprint density at radius 1 is 1.07 bits per heavy atom. The molecule has 15 heavy (non-hydrogen) atoms. The second-order valence-corrected chi connectivity index (χ2v) is 4.09. The van der Waals surface area contributed by atoms with E-state index in [1.54, 1.807) is 0 Å². The van der Waals surface area contributed by atoms with Crippen LogP contribution in [0.2, 0.25) is 0 Å². The maximum Gasteiger partial charge on any atom is 0.0978 e. The van der Waals surface area contributed by atoms with Crippen LogP contribution in [0.25, 0.3) is 0 Å². The maximum atomic E-state index is 5.93. The predicted molar refractivity (Wildman–Crippen MR) is 63.9 cm³/mol. The normalized spacial score (nSPS) is 15.3. The van der Waals surface area contributed by atoms with Crippen molar-refractivity contribution in [1.82, 2.24) is 5.32 Å². The predicted octanol–water partition coefficient (Wildman–Crippen LogP) is 2.76. The smallest absolute Gasteiger partial charge is 0.0978 e. The Morgan fingerprint density at radius 2 is 1.67 bits per heavy atom. The van der Waals surface area contributed by atoms with Gasteiger partial charge in [0.15, 0.2) is 0 Å². The zero-order valence-corrected chi connectivity index (χ0v) is 10.0. The maximum absolute atomic E-state index is 5.93. The molecule has 0 aliphatic heterocycles. The number of hydrogen-bond acceptors (Lipinski definition) is 2. The van der Waals surface area contributed by atoms with E-state index >= 15 is 0 Å². The van der Waals surface area contributed by atoms with Gasteiger partial charge in [0.1, 0.15) is 0 Å². The van der Waals surface area contributed by atoms with Gasteiger partial charge in [-0.3, -0.25) is 0 Å². The molecule has 0 fully saturated rings. The van der Waals surface area contributed by atoms with E-state index in [1.807, 2.05) is 13.1 Å². The number of benzene rings is 1. The Labute approximate surface area is 92.6 Å². The average Bonchev–Trinajstić information content (AvgIpc) is 2.26. The lowest BCUT2D eigenvalue weighted by molar-refractivity contribution is -0.0108. The topological polar surface area (TPSA) is 21.3 Å². The summed E-state index contributed by atoms with van der Waals surface area (Å²) >= 11 is 0. The number of rotatable bonds is 5. The van der Waals surface area contributed by atoms with Crippen LogP contribution in [0.1, 0.15) is 32.4 Å². The Kier molecular flexibility index (Phi) is 4.79. The molecule has 2 atom stereocenters. The van der Waals surface area contributed by atoms with Gasteiger partial charge in [0.05, 0.1) is 12.2 Å². The molecule has 0 spiro atoms. The molecule has 2 nitrogen and oxygen atoms in total. The number of nitrogens with one attached hydrogen (secondary N) is 1. The van der Waals surface area contributed by atoms with Gasteiger partial charge in [-0.2, -0.15) is 0 Å². The molecule has 2 unspecified atom stereocenters. The summed E-state index contributed by atoms with van der Waals surface area (Å²) in [5, 5.41) is 3.24. The van der Waals surface area contributed by atoms with E-state index in [2.05, 4.69) is 50.4 Å². The summed E-state index contributed by atoms with van der Waals surface area (Å²) in [5.74, 6) is 0. The van der Waals surface area contributed by atoms with E-state index in [0.717, 1.165) is 0 Å². The molecule has 1 N–H and O–H groups in total. The first-order chi connectivity index (χ1) is 7.15. The minimum atomic E-state index is 0.121. The molecule has 0 aromatic heterocycles. The number of hydrogen-bond donors (Lipinski definition) is 1. The fourth-order valence-electron chi connectivity index (χ4n) is 1.57. The third kappa shape index (κ3) is 3.65. The summed E-state index contributed by atoms with van der Waals surface area (Å²) in [4.78, 5) is 0. The molecule has 2 heteroatoms. The van der Waals surface area contributed by atoms with Crippen molar-refractivity contribution in [2.24, 2.45) is 0 Å². The highest BCUT2D eigenvalue weighted by Crippen LogP contribution is 2.22. The Bertz CT molecular complexity index is 271. The highest BCUT2D eigenvalue weighted by atomic mass is 16.5. The van der Waals surface area contributed by atoms with E-state index in [0.29, 0.717) is 6.04 Å². The second-order valence-electron chi connectivity index (χ2n) is 4.09. The third-order valence-corrected chi connectivity index (χ3v) is 2.46. The fraction of sp³-hybridized carbons (Fsp3) is 0.538. The standard InChI is InChI=1S/C13H21NO/c1-10(2)15-13(11(3)14-4)12-8-6-5-7-9-12/h5-11,13-14H,1-4H3. The van der Waals surface area contributed by atoms with Crippen LogP contribution in [0.5, 0.6) is 0 Å². The summed E-state index contributed by atoms with van der Waals surface area (Å²) in [6.45, 7) is 6.27. The monoisotopic (exact) mass is 207 g/mol. The number of ether oxygens (including phenoxy) is 1. The molecule has 0 saturated carbocycles. The highest BCUT2D eigenvalue weighted by Gasteiger charge is 2.19. The Hall–Kier alpha value is -0.860. The van der Waals surface area contributed by atoms with Gasteiger partial charge in [-0.05, 0) is 33.4 Å². The van der Waals surface area contributed by atoms with Crippen LogP contribution in [0.15, 0.2) is 30.3 Å². The van der Waals surface area contributed by atoms with Crippen LogP contribution in [-0.4, -0.2) is 19.2 Å². The van der Waals surface area contributed by atoms with Gasteiger partial charge >= 0.3 is 0 Å². The largest absolute Gasteiger partial charge is 0.369 e. The molecule has 0 radical (unpaired) electrons. The zero-order chi connectivity index (χ0) is 11.3. The van der Waals surface area contributed by atoms with Crippen LogP contribution in [0, 0.1) is 0 Å². The minimum Gasteiger partial charge on any atom is -0.369 e. The number of likely N-dealkylation sites (N-methyl/N-ethyl adjacent to an activating group) is 1. The van der Waals surface area contributed by atoms with Crippen molar-refractivity contribution in [2.45, 2.75) is 39.0 Å². The van der Waals surface area contributed by atoms with Crippen LogP contribution in [0.4, 0.5) is 0 Å². The molecule has 0 aliphatic carbocycles. The van der Waals surface area contributed by atoms with Gasteiger partial charge in [-0.1, -0.05) is 30.3 Å². The molecule has 0 heterocycles. The van der Waals surface area contributed by atoms with Gasteiger partial charge in [-0.15, -0.1) is 0 Å². The van der Waals surface area contributed by atoms with Crippen molar-refractivity contribution >= 4 is 0 Å². The van der Waals surface area contributed by atoms with E-state index in [4.69, 9.17) is 4.74 Å². The Balaban J connectivity index is 2.81. The van der Waals surface area contributed by atoms with Crippen molar-refractivity contribution in [3.8, 4) is 0 Å². The molecule has 1 aromatic carbocycles. The molecule has 0 amide bonds. The van der Waals surface area contributed by atoms with Crippen LogP contribution in [-0.2, 0) is 4.74 Å². The van der Waals surface area contributed by atoms with Gasteiger partial charge in [-0.25, -0.2) is 0 Å². The van der Waals surface area contributed by atoms with Crippen LogP contribution < -0.4 is 5.32 Å². The summed E-state index contributed by atoms with van der Waals surface area (Å²) in [6, 6.07) is 10.7. The van der Waals surface area contributed by atoms with E-state index in [1.165, 1.54) is 5.56 Å². The van der Waals surface area contributed by atoms with Crippen molar-refractivity contribution in [1.29, 1.82) is 0 Å². The summed E-state index contributed by atoms with van der Waals surface area (Å²) < 4.78 is 5.93. The first-order valence-electron chi connectivity index (χ1n) is 5.52. The molecular formula is C13H21NO. The van der Waals surface area contributed by atoms with Gasteiger partial charge in [0, 0.05) is 6.04 Å². The lowest BCUT2D eigenvalue weighted by Gasteiger charge is -2.26. The fourth-order valence-corrected chi connectivity index (χ4v) is 1.57. The summed E-state index contributed by atoms with van der Waals surface area (Å²) in [7, 11) is 1.96. The summed E-state index contributed by atoms with van der Waals surface area (Å²) in [5.41, 5.74) is 1.23. The summed E-state index contributed by atoms with van der Waals surface area (Å²) in [6.07, 6.45) is 0.363. The molecular weight excluding hydrogens is 186 g/mol. The molecule has 1 rings (SSSR count). The van der Waals surface area contributed by atoms with Crippen LogP contribution >= 0.6 is 0 Å². The average molecular weight is 207 g/mol. The van der Waals surface area contributed by atoms with E-state index < -0.39 is 0 Å². The zero-order valence-electron chi connectivity index (χ0n) is 10.0. The van der Waals surface area contributed by atoms with Crippen molar-refractivity contribution in [3.05, 3.63) is 35.9 Å².